The summed E-state index contributed by atoms with van der Waals surface area (Å²) in [4.78, 5) is 11.6. The molecule has 0 spiro atoms. The summed E-state index contributed by atoms with van der Waals surface area (Å²) < 4.78 is 38.9. The Labute approximate surface area is 103 Å². The van der Waals surface area contributed by atoms with Gasteiger partial charge in [0.2, 0.25) is 5.91 Å². The van der Waals surface area contributed by atoms with Gasteiger partial charge in [-0.1, -0.05) is 13.8 Å². The van der Waals surface area contributed by atoms with Crippen molar-refractivity contribution in [3.05, 3.63) is 29.6 Å². The highest BCUT2D eigenvalue weighted by Gasteiger charge is 2.16. The Bertz CT molecular complexity index is 438. The maximum Gasteiger partial charge on any atom is 0.228 e. The van der Waals surface area contributed by atoms with E-state index in [9.17, 15) is 18.0 Å². The van der Waals surface area contributed by atoms with Gasteiger partial charge in [0.1, 0.15) is 5.82 Å². The van der Waals surface area contributed by atoms with Crippen LogP contribution in [0.1, 0.15) is 13.8 Å². The Hall–Kier alpha value is -1.56. The normalized spacial score (nSPS) is 12.3. The van der Waals surface area contributed by atoms with E-state index in [-0.39, 0.29) is 5.69 Å². The van der Waals surface area contributed by atoms with E-state index in [1.54, 1.807) is 6.92 Å². The highest BCUT2D eigenvalue weighted by Crippen LogP contribution is 2.18. The molecule has 3 nitrogen and oxygen atoms in total. The quantitative estimate of drug-likeness (QED) is 0.797. The summed E-state index contributed by atoms with van der Waals surface area (Å²) in [6, 6.07) is 1.03. The molecule has 1 aromatic rings. The van der Waals surface area contributed by atoms with Crippen LogP contribution in [-0.2, 0) is 4.79 Å². The molecule has 0 bridgehead atoms. The maximum atomic E-state index is 13.3. The van der Waals surface area contributed by atoms with E-state index in [1.165, 1.54) is 0 Å². The molecule has 2 N–H and O–H groups in total. The van der Waals surface area contributed by atoms with Gasteiger partial charge in [-0.25, -0.2) is 13.2 Å². The van der Waals surface area contributed by atoms with Crippen LogP contribution in [0.2, 0.25) is 0 Å². The largest absolute Gasteiger partial charge is 0.323 e. The molecule has 100 valence electrons. The zero-order chi connectivity index (χ0) is 13.7. The van der Waals surface area contributed by atoms with Gasteiger partial charge in [-0.15, -0.1) is 0 Å². The first-order valence-corrected chi connectivity index (χ1v) is 5.61. The monoisotopic (exact) mass is 260 g/mol. The summed E-state index contributed by atoms with van der Waals surface area (Å²) in [5.74, 6) is -4.35. The second kappa shape index (κ2) is 6.39. The molecule has 0 saturated carbocycles. The van der Waals surface area contributed by atoms with Crippen LogP contribution in [0.15, 0.2) is 12.1 Å². The summed E-state index contributed by atoms with van der Waals surface area (Å²) in [7, 11) is 0. The number of amides is 1. The van der Waals surface area contributed by atoms with Crippen LogP contribution in [0.25, 0.3) is 0 Å². The third-order valence-electron chi connectivity index (χ3n) is 2.42. The number of hydrogen-bond acceptors (Lipinski definition) is 2. The second-order valence-corrected chi connectivity index (χ2v) is 3.94. The van der Waals surface area contributed by atoms with Crippen molar-refractivity contribution in [3.8, 4) is 0 Å². The third-order valence-corrected chi connectivity index (χ3v) is 2.42. The van der Waals surface area contributed by atoms with Crippen molar-refractivity contribution < 1.29 is 18.0 Å². The van der Waals surface area contributed by atoms with Crippen molar-refractivity contribution in [2.75, 3.05) is 18.4 Å². The molecule has 0 fully saturated rings. The Balaban J connectivity index is 2.72. The SMILES string of the molecule is CCNCC(C)C(=O)Nc1cc(F)c(F)cc1F. The van der Waals surface area contributed by atoms with E-state index < -0.39 is 29.3 Å². The minimum absolute atomic E-state index is 0.359. The zero-order valence-electron chi connectivity index (χ0n) is 10.2. The molecule has 1 atom stereocenters. The van der Waals surface area contributed by atoms with Gasteiger partial charge < -0.3 is 10.6 Å². The summed E-state index contributed by atoms with van der Waals surface area (Å²) in [5, 5.41) is 5.19. The van der Waals surface area contributed by atoms with Crippen LogP contribution in [0, 0.1) is 23.4 Å². The first-order valence-electron chi connectivity index (χ1n) is 5.61. The number of carbonyl (C=O) groups excluding carboxylic acids is 1. The molecule has 0 heterocycles. The number of anilines is 1. The molecule has 1 amide bonds. The average Bonchev–Trinajstić information content (AvgIpc) is 2.32. The highest BCUT2D eigenvalue weighted by atomic mass is 19.2. The lowest BCUT2D eigenvalue weighted by atomic mass is 10.1. The summed E-state index contributed by atoms with van der Waals surface area (Å²) in [5.41, 5.74) is -0.359. The van der Waals surface area contributed by atoms with Crippen LogP contribution in [0.4, 0.5) is 18.9 Å². The Morgan fingerprint density at radius 2 is 1.83 bits per heavy atom. The van der Waals surface area contributed by atoms with Crippen LogP contribution in [0.5, 0.6) is 0 Å². The Morgan fingerprint density at radius 3 is 2.44 bits per heavy atom. The first kappa shape index (κ1) is 14.5. The predicted molar refractivity (Wildman–Crippen MR) is 62.7 cm³/mol. The fourth-order valence-electron chi connectivity index (χ4n) is 1.33. The van der Waals surface area contributed by atoms with Gasteiger partial charge in [0.25, 0.3) is 0 Å². The van der Waals surface area contributed by atoms with Gasteiger partial charge in [0, 0.05) is 24.6 Å². The third kappa shape index (κ3) is 3.73. The van der Waals surface area contributed by atoms with Crippen LogP contribution in [-0.4, -0.2) is 19.0 Å². The van der Waals surface area contributed by atoms with Crippen molar-refractivity contribution in [3.63, 3.8) is 0 Å². The van der Waals surface area contributed by atoms with Gasteiger partial charge in [-0.05, 0) is 6.54 Å². The molecule has 0 aliphatic carbocycles. The molecule has 0 aromatic heterocycles. The molecule has 0 radical (unpaired) electrons. The second-order valence-electron chi connectivity index (χ2n) is 3.94. The number of benzene rings is 1. The average molecular weight is 260 g/mol. The lowest BCUT2D eigenvalue weighted by molar-refractivity contribution is -0.119. The lowest BCUT2D eigenvalue weighted by Crippen LogP contribution is -2.30. The smallest absolute Gasteiger partial charge is 0.228 e. The van der Waals surface area contributed by atoms with Gasteiger partial charge >= 0.3 is 0 Å². The highest BCUT2D eigenvalue weighted by molar-refractivity contribution is 5.92. The van der Waals surface area contributed by atoms with Crippen molar-refractivity contribution in [2.45, 2.75) is 13.8 Å². The van der Waals surface area contributed by atoms with E-state index in [4.69, 9.17) is 0 Å². The topological polar surface area (TPSA) is 41.1 Å². The van der Waals surface area contributed by atoms with Crippen molar-refractivity contribution >= 4 is 11.6 Å². The standard InChI is InChI=1S/C12H15F3N2O/c1-3-16-6-7(2)12(18)17-11-5-9(14)8(13)4-10(11)15/h4-5,7,16H,3,6H2,1-2H3,(H,17,18). The first-order chi connectivity index (χ1) is 8.45. The molecule has 6 heteroatoms. The number of rotatable bonds is 5. The van der Waals surface area contributed by atoms with Gasteiger partial charge in [0.05, 0.1) is 5.69 Å². The Kier molecular flexibility index (Phi) is 5.15. The van der Waals surface area contributed by atoms with Crippen LogP contribution < -0.4 is 10.6 Å². The number of carbonyl (C=O) groups is 1. The molecular weight excluding hydrogens is 245 g/mol. The molecule has 18 heavy (non-hydrogen) atoms. The van der Waals surface area contributed by atoms with Crippen LogP contribution in [0.3, 0.4) is 0 Å². The van der Waals surface area contributed by atoms with E-state index in [2.05, 4.69) is 10.6 Å². The van der Waals surface area contributed by atoms with Gasteiger partial charge in [0.15, 0.2) is 11.6 Å². The molecule has 1 aromatic carbocycles. The van der Waals surface area contributed by atoms with Crippen molar-refractivity contribution in [1.29, 1.82) is 0 Å². The summed E-state index contributed by atoms with van der Waals surface area (Å²) >= 11 is 0. The van der Waals surface area contributed by atoms with E-state index >= 15 is 0 Å². The van der Waals surface area contributed by atoms with E-state index in [0.717, 1.165) is 0 Å². The molecule has 1 unspecified atom stereocenters. The number of hydrogen-bond donors (Lipinski definition) is 2. The number of halogens is 3. The minimum Gasteiger partial charge on any atom is -0.323 e. The fraction of sp³-hybridized carbons (Fsp3) is 0.417. The van der Waals surface area contributed by atoms with Gasteiger partial charge in [-0.3, -0.25) is 4.79 Å². The van der Waals surface area contributed by atoms with E-state index in [1.807, 2.05) is 6.92 Å². The maximum absolute atomic E-state index is 13.3. The summed E-state index contributed by atoms with van der Waals surface area (Å²) in [6.45, 7) is 4.67. The zero-order valence-corrected chi connectivity index (χ0v) is 10.2. The molecule has 1 rings (SSSR count). The number of nitrogens with one attached hydrogen (secondary N) is 2. The Morgan fingerprint density at radius 1 is 1.22 bits per heavy atom. The molecule has 0 aliphatic heterocycles. The van der Waals surface area contributed by atoms with Crippen molar-refractivity contribution in [2.24, 2.45) is 5.92 Å². The summed E-state index contributed by atoms with van der Waals surface area (Å²) in [6.07, 6.45) is 0. The van der Waals surface area contributed by atoms with E-state index in [0.29, 0.717) is 25.2 Å². The predicted octanol–water partition coefficient (Wildman–Crippen LogP) is 2.29. The minimum atomic E-state index is -1.29. The molecular formula is C12H15F3N2O. The lowest BCUT2D eigenvalue weighted by Gasteiger charge is -2.13. The van der Waals surface area contributed by atoms with Gasteiger partial charge in [-0.2, -0.15) is 0 Å². The van der Waals surface area contributed by atoms with Crippen molar-refractivity contribution in [1.82, 2.24) is 5.32 Å². The van der Waals surface area contributed by atoms with Crippen LogP contribution >= 0.6 is 0 Å². The molecule has 0 saturated heterocycles. The molecule has 0 aliphatic rings. The fourth-order valence-corrected chi connectivity index (χ4v) is 1.33.